The van der Waals surface area contributed by atoms with E-state index >= 15 is 0 Å². The molecule has 1 saturated carbocycles. The third-order valence-corrected chi connectivity index (χ3v) is 16.6. The summed E-state index contributed by atoms with van der Waals surface area (Å²) in [5, 5.41) is 50.3. The molecule has 34 nitrogen and oxygen atoms in total. The molecule has 22 N–H and O–H groups in total. The van der Waals surface area contributed by atoms with Crippen LogP contribution in [0.25, 0.3) is 0 Å². The van der Waals surface area contributed by atoms with Crippen molar-refractivity contribution >= 4 is 94.4 Å². The number of guanidine groups is 1. The summed E-state index contributed by atoms with van der Waals surface area (Å²) >= 11 is 0. The number of allylic oxidation sites excluding steroid dienone is 2. The third-order valence-electron chi connectivity index (χ3n) is 16.6. The molecule has 1 aliphatic carbocycles. The van der Waals surface area contributed by atoms with Crippen molar-refractivity contribution in [3.63, 3.8) is 0 Å². The first-order valence-electron chi connectivity index (χ1n) is 31.9. The topological polar surface area (TPSA) is 565 Å². The van der Waals surface area contributed by atoms with E-state index in [9.17, 15) is 82.1 Å². The van der Waals surface area contributed by atoms with Crippen LogP contribution in [0.1, 0.15) is 164 Å². The van der Waals surface area contributed by atoms with Crippen LogP contribution < -0.4 is 76.5 Å². The average Bonchev–Trinajstić information content (AvgIpc) is 1.12. The van der Waals surface area contributed by atoms with Crippen LogP contribution in [0.3, 0.4) is 0 Å². The number of rotatable bonds is 40. The number of hydrogen-bond acceptors (Lipinski definition) is 19. The molecule has 0 aromatic carbocycles. The Morgan fingerprint density at radius 3 is 1.66 bits per heavy atom. The minimum absolute atomic E-state index is 0.00748. The second kappa shape index (κ2) is 38.4. The molecule has 2 saturated heterocycles. The predicted octanol–water partition coefficient (Wildman–Crippen LogP) is -4.16. The molecule has 3 fully saturated rings. The molecule has 526 valence electrons. The van der Waals surface area contributed by atoms with Crippen molar-refractivity contribution in [2.75, 3.05) is 32.7 Å². The standard InChI is InChI=1S/C60H99N17O17/c1-7-31(2)48(55(90)70-35(20-21-44(63)80)51(86)72-37(58(93)94)16-9-11-23-67-32(3)47-42(78)29-60(5,6)30-43(47)79)75-52(87)38(27-45(64)81)73-54(89)41-19-14-25-76(41)56(91)36(17-12-24-68-59(65)66)71-49(84)33(4)69-53(88)40-18-13-26-77(40)57(92)39(28-46(82)83)74-50(85)34(62)15-8-10-22-61/h31,33-41,48,67H,7-30,61-62H2,1-6H3,(H2,63,80)(H2,64,81)(H,69,88)(H,70,90)(H,71,84)(H,72,86)(H,73,89)(H,74,85)(H,75,87)(H,82,83)(H,93,94)(H4,65,66,68)/t31-,33-,34-,35-,36-,37-,38-,39-,40-,41-,48-/m0/s1. The van der Waals surface area contributed by atoms with Gasteiger partial charge in [0.1, 0.15) is 54.4 Å². The molecule has 0 radical (unpaired) electrons. The zero-order valence-electron chi connectivity index (χ0n) is 54.6. The van der Waals surface area contributed by atoms with Crippen LogP contribution in [0.15, 0.2) is 11.3 Å². The number of ketones is 2. The number of Topliss-reactive ketones (excluding diaryl/α,β-unsaturated/α-hetero) is 2. The molecule has 2 heterocycles. The van der Waals surface area contributed by atoms with Gasteiger partial charge in [0.05, 0.1) is 24.5 Å². The molecule has 0 spiro atoms. The number of likely N-dealkylation sites (tertiary alicyclic amines) is 2. The molecule has 94 heavy (non-hydrogen) atoms. The van der Waals surface area contributed by atoms with Gasteiger partial charge in [0.15, 0.2) is 17.5 Å². The fourth-order valence-corrected chi connectivity index (χ4v) is 11.3. The van der Waals surface area contributed by atoms with E-state index in [2.05, 4.69) is 47.9 Å². The Hall–Kier alpha value is -8.82. The Morgan fingerprint density at radius 1 is 0.596 bits per heavy atom. The molecule has 0 unspecified atom stereocenters. The largest absolute Gasteiger partial charge is 0.481 e. The second-order valence-electron chi connectivity index (χ2n) is 25.1. The summed E-state index contributed by atoms with van der Waals surface area (Å²) in [6.45, 7) is 10.5. The highest BCUT2D eigenvalue weighted by molar-refractivity contribution is 6.22. The van der Waals surface area contributed by atoms with E-state index in [1.165, 1.54) is 6.92 Å². The first-order valence-corrected chi connectivity index (χ1v) is 31.9. The van der Waals surface area contributed by atoms with E-state index in [1.807, 2.05) is 13.8 Å². The van der Waals surface area contributed by atoms with Crippen molar-refractivity contribution in [2.45, 2.75) is 224 Å². The molecule has 3 aliphatic rings. The van der Waals surface area contributed by atoms with Crippen LogP contribution in [0.2, 0.25) is 0 Å². The van der Waals surface area contributed by atoms with E-state index in [0.717, 1.165) is 9.80 Å². The van der Waals surface area contributed by atoms with Gasteiger partial charge in [0, 0.05) is 51.1 Å². The van der Waals surface area contributed by atoms with Gasteiger partial charge >= 0.3 is 11.9 Å². The summed E-state index contributed by atoms with van der Waals surface area (Å²) < 4.78 is 0. The number of carboxylic acids is 2. The van der Waals surface area contributed by atoms with E-state index in [0.29, 0.717) is 37.9 Å². The molecule has 11 atom stereocenters. The van der Waals surface area contributed by atoms with Crippen LogP contribution >= 0.6 is 0 Å². The first kappa shape index (κ1) is 79.4. The molecule has 0 aromatic heterocycles. The van der Waals surface area contributed by atoms with E-state index < -0.39 is 174 Å². The maximum atomic E-state index is 14.6. The lowest BCUT2D eigenvalue weighted by Crippen LogP contribution is -2.61. The minimum Gasteiger partial charge on any atom is -0.481 e. The Kier molecular flexibility index (Phi) is 32.4. The molecule has 34 heteroatoms. The van der Waals surface area contributed by atoms with Gasteiger partial charge in [-0.1, -0.05) is 40.5 Å². The summed E-state index contributed by atoms with van der Waals surface area (Å²) in [5.74, 6) is -14.6. The molecule has 2 aliphatic heterocycles. The number of nitrogens with one attached hydrogen (secondary N) is 10. The van der Waals surface area contributed by atoms with Gasteiger partial charge in [-0.3, -0.25) is 72.5 Å². The number of amides is 11. The number of carbonyl (C=O) groups is 15. The molecular formula is C60H99N17O17. The van der Waals surface area contributed by atoms with Crippen molar-refractivity contribution in [3.8, 4) is 0 Å². The second-order valence-corrected chi connectivity index (χ2v) is 25.1. The normalized spacial score (nSPS) is 18.8. The molecule has 0 bridgehead atoms. The summed E-state index contributed by atoms with van der Waals surface area (Å²) in [7, 11) is 0. The Balaban J connectivity index is 1.77. The molecule has 0 aromatic rings. The first-order chi connectivity index (χ1) is 44.1. The maximum Gasteiger partial charge on any atom is 0.326 e. The zero-order chi connectivity index (χ0) is 70.7. The van der Waals surface area contributed by atoms with Gasteiger partial charge in [0.25, 0.3) is 0 Å². The quantitative estimate of drug-likeness (QED) is 0.00910. The van der Waals surface area contributed by atoms with E-state index in [-0.39, 0.29) is 120 Å². The third kappa shape index (κ3) is 25.6. The monoisotopic (exact) mass is 1330 g/mol. The van der Waals surface area contributed by atoms with Crippen LogP contribution in [0.5, 0.6) is 0 Å². The van der Waals surface area contributed by atoms with E-state index in [1.54, 1.807) is 20.8 Å². The van der Waals surface area contributed by atoms with Gasteiger partial charge in [-0.05, 0) is 109 Å². The number of primary amides is 2. The highest BCUT2D eigenvalue weighted by Crippen LogP contribution is 2.34. The number of hydrogen-bond donors (Lipinski definition) is 17. The minimum atomic E-state index is -1.77. The van der Waals surface area contributed by atoms with Gasteiger partial charge in [-0.2, -0.15) is 0 Å². The van der Waals surface area contributed by atoms with Crippen molar-refractivity contribution in [1.82, 2.24) is 57.7 Å². The van der Waals surface area contributed by atoms with Crippen LogP contribution in [-0.2, 0) is 71.9 Å². The number of carboxylic acid groups (broad SMARTS) is 2. The Labute approximate surface area is 545 Å². The Bertz CT molecular complexity index is 2810. The Morgan fingerprint density at radius 2 is 1.12 bits per heavy atom. The number of unbranched alkanes of at least 4 members (excludes halogenated alkanes) is 2. The lowest BCUT2D eigenvalue weighted by atomic mass is 9.73. The van der Waals surface area contributed by atoms with Gasteiger partial charge < -0.3 is 96.5 Å². The average molecular weight is 1330 g/mol. The van der Waals surface area contributed by atoms with Crippen LogP contribution in [-0.4, -0.2) is 208 Å². The number of carbonyl (C=O) groups excluding carboxylic acids is 13. The van der Waals surface area contributed by atoms with Crippen molar-refractivity contribution < 1.29 is 82.1 Å². The van der Waals surface area contributed by atoms with E-state index in [4.69, 9.17) is 34.1 Å². The van der Waals surface area contributed by atoms with Crippen molar-refractivity contribution in [3.05, 3.63) is 11.3 Å². The maximum absolute atomic E-state index is 14.6. The smallest absolute Gasteiger partial charge is 0.326 e. The number of aliphatic carboxylic acids is 2. The fraction of sp³-hybridized carbons (Fsp3) is 0.700. The molecular weight excluding hydrogens is 1230 g/mol. The SMILES string of the molecule is CC[C@H](C)[C@H](NC(=O)[C@H](CC(N)=O)NC(=O)[C@@H]1CCCN1C(=O)[C@H](CCCNC(=N)N)NC(=O)[C@H](C)NC(=O)[C@@H]1CCCN1C(=O)[C@H](CC(=O)O)NC(=O)[C@@H](N)CCCCN)C(=O)N[C@@H](CCC(N)=O)C(=O)N[C@@H](CCCCNC(C)=C1C(=O)CC(C)(C)CC1=O)C(=O)O. The zero-order valence-corrected chi connectivity index (χ0v) is 54.6. The van der Waals surface area contributed by atoms with Gasteiger partial charge in [-0.15, -0.1) is 0 Å². The predicted molar refractivity (Wildman–Crippen MR) is 338 cm³/mol. The van der Waals surface area contributed by atoms with Crippen LogP contribution in [0, 0.1) is 16.7 Å². The summed E-state index contributed by atoms with van der Waals surface area (Å²) in [6.07, 6.45) is 0.603. The summed E-state index contributed by atoms with van der Waals surface area (Å²) in [6, 6.07) is -14.3. The highest BCUT2D eigenvalue weighted by Gasteiger charge is 2.43. The number of nitrogens with two attached hydrogens (primary N) is 5. The lowest BCUT2D eigenvalue weighted by Gasteiger charge is -2.31. The van der Waals surface area contributed by atoms with Crippen molar-refractivity contribution in [1.29, 1.82) is 5.41 Å². The summed E-state index contributed by atoms with van der Waals surface area (Å²) in [4.78, 5) is 202. The van der Waals surface area contributed by atoms with Gasteiger partial charge in [0.2, 0.25) is 65.0 Å². The highest BCUT2D eigenvalue weighted by atomic mass is 16.4. The fourth-order valence-electron chi connectivity index (χ4n) is 11.3. The van der Waals surface area contributed by atoms with Crippen LogP contribution in [0.4, 0.5) is 0 Å². The molecule has 11 amide bonds. The summed E-state index contributed by atoms with van der Waals surface area (Å²) in [5.41, 5.74) is 28.0. The lowest BCUT2D eigenvalue weighted by molar-refractivity contribution is -0.146. The molecule has 3 rings (SSSR count). The van der Waals surface area contributed by atoms with Gasteiger partial charge in [-0.25, -0.2) is 4.79 Å². The van der Waals surface area contributed by atoms with Crippen molar-refractivity contribution in [2.24, 2.45) is 40.0 Å². The number of nitrogens with zero attached hydrogens (tertiary/aromatic N) is 2.